The molecule has 3 heterocycles. The first kappa shape index (κ1) is 33.3. The first-order chi connectivity index (χ1) is 12.9. The van der Waals surface area contributed by atoms with Crippen LogP contribution in [0.5, 0.6) is 0 Å². The zero-order valence-corrected chi connectivity index (χ0v) is 17.1. The van der Waals surface area contributed by atoms with E-state index < -0.39 is 0 Å². The van der Waals surface area contributed by atoms with Crippen LogP contribution >= 0.6 is 11.8 Å². The molecule has 0 aromatic heterocycles. The summed E-state index contributed by atoms with van der Waals surface area (Å²) in [5, 5.41) is 0. The lowest BCUT2D eigenvalue weighted by atomic mass is 10.3. The number of hydrogen-bond acceptors (Lipinski definition) is 9. The first-order valence-corrected chi connectivity index (χ1v) is 10.3. The van der Waals surface area contributed by atoms with Gasteiger partial charge in [-0.1, -0.05) is 22.3 Å². The fourth-order valence-electron chi connectivity index (χ4n) is 2.52. The van der Waals surface area contributed by atoms with Gasteiger partial charge in [-0.05, 0) is 12.2 Å². The highest BCUT2D eigenvalue weighted by atomic mass is 32.2. The Balaban J connectivity index is -0.000000347. The van der Waals surface area contributed by atoms with Crippen LogP contribution < -0.4 is 0 Å². The molecule has 3 aliphatic rings. The Morgan fingerprint density at radius 1 is 0.700 bits per heavy atom. The summed E-state index contributed by atoms with van der Waals surface area (Å²) in [6.45, 7) is 6.87. The van der Waals surface area contributed by atoms with Crippen molar-refractivity contribution in [3.8, 4) is 0 Å². The molecule has 0 aliphatic carbocycles. The molecule has 3 fully saturated rings. The molecular weight excluding hydrogens is 412 g/mol. The fourth-order valence-corrected chi connectivity index (χ4v) is 3.62. The summed E-state index contributed by atoms with van der Waals surface area (Å²) in [5.41, 5.74) is 0. The van der Waals surface area contributed by atoms with Gasteiger partial charge in [0.2, 0.25) is 0 Å². The van der Waals surface area contributed by atoms with Crippen molar-refractivity contribution in [3.63, 3.8) is 0 Å². The van der Waals surface area contributed by atoms with Gasteiger partial charge >= 0.3 is 17.9 Å². The van der Waals surface area contributed by atoms with Crippen LogP contribution in [0.2, 0.25) is 0 Å². The number of carbonyl (C=O) groups excluding carboxylic acids is 3. The third-order valence-corrected chi connectivity index (χ3v) is 4.79. The second-order valence-corrected chi connectivity index (χ2v) is 7.43. The maximum atomic E-state index is 10.4. The third kappa shape index (κ3) is 17.5. The minimum atomic E-state index is -0.217. The van der Waals surface area contributed by atoms with Gasteiger partial charge < -0.3 is 23.7 Å². The van der Waals surface area contributed by atoms with E-state index in [0.717, 1.165) is 44.0 Å². The van der Waals surface area contributed by atoms with Crippen LogP contribution in [0.4, 0.5) is 0 Å². The number of rotatable bonds is 3. The van der Waals surface area contributed by atoms with Crippen LogP contribution in [0.25, 0.3) is 0 Å². The largest absolute Gasteiger partial charge is 0.462 e. The van der Waals surface area contributed by atoms with Crippen molar-refractivity contribution in [3.05, 3.63) is 0 Å². The monoisotopic (exact) mass is 454 g/mol. The number of esters is 3. The Morgan fingerprint density at radius 3 is 1.37 bits per heavy atom. The Morgan fingerprint density at radius 2 is 1.10 bits per heavy atom. The minimum Gasteiger partial charge on any atom is -0.462 e. The van der Waals surface area contributed by atoms with Crippen molar-refractivity contribution in [2.24, 2.45) is 0 Å². The van der Waals surface area contributed by atoms with Gasteiger partial charge in [-0.3, -0.25) is 14.4 Å². The average Bonchev–Trinajstić information content (AvgIpc) is 3.30. The Bertz CT molecular complexity index is 387. The lowest BCUT2D eigenvalue weighted by Gasteiger charge is -2.06. The molecule has 0 saturated carbocycles. The SMILES string of the molecule is C.C.C.CC(=O)OC1CCOC1.CC(=O)OC1CCSC1.CC(=O)O[C@H]1CCOC1. The van der Waals surface area contributed by atoms with Crippen molar-refractivity contribution >= 4 is 29.7 Å². The van der Waals surface area contributed by atoms with E-state index in [1.807, 2.05) is 11.8 Å². The van der Waals surface area contributed by atoms with Crippen molar-refractivity contribution < 1.29 is 38.1 Å². The number of ether oxygens (including phenoxy) is 5. The maximum absolute atomic E-state index is 10.4. The van der Waals surface area contributed by atoms with Crippen LogP contribution in [-0.2, 0) is 38.1 Å². The smallest absolute Gasteiger partial charge is 0.302 e. The lowest BCUT2D eigenvalue weighted by molar-refractivity contribution is -0.147. The van der Waals surface area contributed by atoms with E-state index in [2.05, 4.69) is 0 Å². The highest BCUT2D eigenvalue weighted by molar-refractivity contribution is 7.99. The summed E-state index contributed by atoms with van der Waals surface area (Å²) < 4.78 is 24.6. The standard InChI is InChI=1S/2C6H10O3.C6H10O2S.3CH4/c2*1-5(7)9-6-2-3-8-4-6;1-5(7)8-6-2-3-9-4-6;;;/h3*6H,2-4H2,1H3;3*1H4/t6-;;;;;/m0...../s1. The molecule has 0 radical (unpaired) electrons. The van der Waals surface area contributed by atoms with E-state index in [1.165, 1.54) is 20.8 Å². The van der Waals surface area contributed by atoms with Crippen LogP contribution in [0, 0.1) is 0 Å². The van der Waals surface area contributed by atoms with Crippen LogP contribution in [0.3, 0.4) is 0 Å². The quantitative estimate of drug-likeness (QED) is 0.467. The highest BCUT2D eigenvalue weighted by Crippen LogP contribution is 2.19. The van der Waals surface area contributed by atoms with Crippen LogP contribution in [-0.4, -0.2) is 74.2 Å². The molecule has 180 valence electrons. The zero-order valence-electron chi connectivity index (χ0n) is 16.3. The van der Waals surface area contributed by atoms with Gasteiger partial charge in [0.15, 0.2) is 0 Å². The summed E-state index contributed by atoms with van der Waals surface area (Å²) in [4.78, 5) is 31.0. The van der Waals surface area contributed by atoms with Gasteiger partial charge in [-0.15, -0.1) is 0 Å². The molecule has 0 aromatic carbocycles. The van der Waals surface area contributed by atoms with Gasteiger partial charge in [0.1, 0.15) is 18.3 Å². The molecular formula is C21H42O8S. The van der Waals surface area contributed by atoms with E-state index in [1.54, 1.807) is 0 Å². The van der Waals surface area contributed by atoms with Gasteiger partial charge in [0.05, 0.1) is 26.4 Å². The Kier molecular flexibility index (Phi) is 21.8. The van der Waals surface area contributed by atoms with Gasteiger partial charge in [-0.2, -0.15) is 11.8 Å². The molecule has 0 spiro atoms. The molecule has 2 unspecified atom stereocenters. The normalized spacial score (nSPS) is 23.5. The van der Waals surface area contributed by atoms with E-state index in [-0.39, 0.29) is 58.5 Å². The predicted molar refractivity (Wildman–Crippen MR) is 120 cm³/mol. The number of carbonyl (C=O) groups is 3. The summed E-state index contributed by atoms with van der Waals surface area (Å²) in [6, 6.07) is 0. The first-order valence-electron chi connectivity index (χ1n) is 9.11. The number of hydrogen-bond donors (Lipinski definition) is 0. The Labute approximate surface area is 186 Å². The molecule has 0 amide bonds. The van der Waals surface area contributed by atoms with Crippen molar-refractivity contribution in [1.82, 2.24) is 0 Å². The lowest BCUT2D eigenvalue weighted by Crippen LogP contribution is -2.15. The summed E-state index contributed by atoms with van der Waals surface area (Å²) in [6.07, 6.45) is 2.96. The van der Waals surface area contributed by atoms with Gasteiger partial charge in [0, 0.05) is 39.4 Å². The fraction of sp³-hybridized carbons (Fsp3) is 0.857. The zero-order chi connectivity index (χ0) is 20.1. The molecule has 0 aromatic rings. The van der Waals surface area contributed by atoms with Crippen molar-refractivity contribution in [1.29, 1.82) is 0 Å². The van der Waals surface area contributed by atoms with E-state index >= 15 is 0 Å². The molecule has 0 bridgehead atoms. The van der Waals surface area contributed by atoms with Crippen molar-refractivity contribution in [2.45, 2.75) is 80.6 Å². The third-order valence-electron chi connectivity index (χ3n) is 3.66. The molecule has 30 heavy (non-hydrogen) atoms. The minimum absolute atomic E-state index is 0. The summed E-state index contributed by atoms with van der Waals surface area (Å²) in [7, 11) is 0. The number of thioether (sulfide) groups is 1. The topological polar surface area (TPSA) is 97.4 Å². The maximum Gasteiger partial charge on any atom is 0.302 e. The summed E-state index contributed by atoms with van der Waals surface area (Å²) in [5.74, 6) is 1.54. The van der Waals surface area contributed by atoms with E-state index in [0.29, 0.717) is 13.2 Å². The van der Waals surface area contributed by atoms with E-state index in [4.69, 9.17) is 23.7 Å². The second-order valence-electron chi connectivity index (χ2n) is 6.29. The average molecular weight is 455 g/mol. The highest BCUT2D eigenvalue weighted by Gasteiger charge is 2.18. The molecule has 3 saturated heterocycles. The molecule has 0 N–H and O–H groups in total. The second kappa shape index (κ2) is 19.6. The van der Waals surface area contributed by atoms with Crippen molar-refractivity contribution in [2.75, 3.05) is 37.9 Å². The van der Waals surface area contributed by atoms with E-state index in [9.17, 15) is 14.4 Å². The molecule has 3 rings (SSSR count). The molecule has 8 nitrogen and oxygen atoms in total. The Hall–Kier alpha value is -1.32. The molecule has 3 atom stereocenters. The van der Waals surface area contributed by atoms with Crippen LogP contribution in [0.1, 0.15) is 62.3 Å². The summed E-state index contributed by atoms with van der Waals surface area (Å²) >= 11 is 1.85. The molecule has 3 aliphatic heterocycles. The van der Waals surface area contributed by atoms with Gasteiger partial charge in [-0.25, -0.2) is 0 Å². The van der Waals surface area contributed by atoms with Gasteiger partial charge in [0.25, 0.3) is 0 Å². The predicted octanol–water partition coefficient (Wildman–Crippen LogP) is 3.64. The molecule has 9 heteroatoms. The van der Waals surface area contributed by atoms with Crippen LogP contribution in [0.15, 0.2) is 0 Å².